The van der Waals surface area contributed by atoms with E-state index in [1.54, 1.807) is 24.3 Å². The maximum atomic E-state index is 12.6. The predicted molar refractivity (Wildman–Crippen MR) is 79.3 cm³/mol. The second-order valence-electron chi connectivity index (χ2n) is 4.59. The Morgan fingerprint density at radius 3 is 2.48 bits per heavy atom. The van der Waals surface area contributed by atoms with Gasteiger partial charge < -0.3 is 5.11 Å². The summed E-state index contributed by atoms with van der Waals surface area (Å²) in [4.78, 5) is 0. The molecule has 2 rings (SSSR count). The molecule has 0 aliphatic rings. The molecule has 2 aromatic carbocycles. The van der Waals surface area contributed by atoms with E-state index in [9.17, 15) is 18.3 Å². The van der Waals surface area contributed by atoms with E-state index in [-0.39, 0.29) is 6.42 Å². The van der Waals surface area contributed by atoms with Crippen molar-refractivity contribution in [3.8, 4) is 0 Å². The highest BCUT2D eigenvalue weighted by Gasteiger charge is 2.30. The molecule has 112 valence electrons. The Bertz CT molecular complexity index is 643. The number of hydrogen-bond donors (Lipinski definition) is 1. The number of aliphatic hydroxyl groups excluding tert-OH is 1. The van der Waals surface area contributed by atoms with Gasteiger partial charge in [0.05, 0.1) is 16.7 Å². The molecule has 2 aromatic rings. The Morgan fingerprint density at radius 2 is 1.86 bits per heavy atom. The molecule has 0 aliphatic carbocycles. The normalized spacial score (nSPS) is 13.2. The number of benzene rings is 2. The van der Waals surface area contributed by atoms with E-state index in [2.05, 4.69) is 15.9 Å². The lowest BCUT2D eigenvalue weighted by Gasteiger charge is -2.13. The molecule has 0 spiro atoms. The van der Waals surface area contributed by atoms with Crippen LogP contribution in [0, 0.1) is 0 Å². The molecule has 0 fully saturated rings. The summed E-state index contributed by atoms with van der Waals surface area (Å²) in [5.74, 6) is 0. The van der Waals surface area contributed by atoms with E-state index in [0.717, 1.165) is 12.1 Å². The second kappa shape index (κ2) is 6.38. The van der Waals surface area contributed by atoms with Crippen LogP contribution in [0.5, 0.6) is 0 Å². The van der Waals surface area contributed by atoms with Crippen LogP contribution in [0.1, 0.15) is 22.8 Å². The highest BCUT2D eigenvalue weighted by Crippen LogP contribution is 2.31. The van der Waals surface area contributed by atoms with Crippen LogP contribution in [-0.4, -0.2) is 5.11 Å². The van der Waals surface area contributed by atoms with Gasteiger partial charge in [-0.15, -0.1) is 0 Å². The van der Waals surface area contributed by atoms with Crippen molar-refractivity contribution >= 4 is 27.5 Å². The van der Waals surface area contributed by atoms with E-state index in [1.165, 1.54) is 6.07 Å². The molecule has 0 aromatic heterocycles. The van der Waals surface area contributed by atoms with Gasteiger partial charge in [0.1, 0.15) is 0 Å². The molecule has 1 N–H and O–H groups in total. The van der Waals surface area contributed by atoms with Gasteiger partial charge in [0.15, 0.2) is 0 Å². The van der Waals surface area contributed by atoms with Crippen molar-refractivity contribution in [2.24, 2.45) is 0 Å². The summed E-state index contributed by atoms with van der Waals surface area (Å²) in [6, 6.07) is 9.89. The molecule has 0 bridgehead atoms. The van der Waals surface area contributed by atoms with Gasteiger partial charge >= 0.3 is 6.18 Å². The van der Waals surface area contributed by atoms with Gasteiger partial charge in [-0.05, 0) is 45.3 Å². The first-order valence-corrected chi connectivity index (χ1v) is 7.23. The maximum Gasteiger partial charge on any atom is 0.416 e. The SMILES string of the molecule is OC(Cc1cccc(C(F)(F)F)c1)c1ccc(Br)c(Cl)c1. The van der Waals surface area contributed by atoms with E-state index in [0.29, 0.717) is 20.6 Å². The zero-order chi connectivity index (χ0) is 15.6. The Balaban J connectivity index is 2.19. The van der Waals surface area contributed by atoms with Crippen molar-refractivity contribution in [2.45, 2.75) is 18.7 Å². The first-order chi connectivity index (χ1) is 9.77. The minimum Gasteiger partial charge on any atom is -0.388 e. The molecule has 0 heterocycles. The van der Waals surface area contributed by atoms with Crippen LogP contribution >= 0.6 is 27.5 Å². The van der Waals surface area contributed by atoms with Crippen molar-refractivity contribution in [1.29, 1.82) is 0 Å². The molecule has 1 atom stereocenters. The molecule has 1 nitrogen and oxygen atoms in total. The van der Waals surface area contributed by atoms with E-state index >= 15 is 0 Å². The Labute approximate surface area is 133 Å². The molecule has 0 saturated heterocycles. The highest BCUT2D eigenvalue weighted by molar-refractivity contribution is 9.10. The third-order valence-electron chi connectivity index (χ3n) is 3.01. The molecule has 21 heavy (non-hydrogen) atoms. The third-order valence-corrected chi connectivity index (χ3v) is 4.24. The van der Waals surface area contributed by atoms with Crippen molar-refractivity contribution < 1.29 is 18.3 Å². The highest BCUT2D eigenvalue weighted by atomic mass is 79.9. The van der Waals surface area contributed by atoms with Crippen LogP contribution < -0.4 is 0 Å². The van der Waals surface area contributed by atoms with Gasteiger partial charge in [-0.1, -0.05) is 35.9 Å². The molecule has 1 unspecified atom stereocenters. The molecule has 0 amide bonds. The molecular weight excluding hydrogens is 369 g/mol. The summed E-state index contributed by atoms with van der Waals surface area (Å²) in [6.07, 6.45) is -5.22. The predicted octanol–water partition coefficient (Wildman–Crippen LogP) is 5.40. The number of halogens is 5. The van der Waals surface area contributed by atoms with Crippen LogP contribution in [0.15, 0.2) is 46.9 Å². The van der Waals surface area contributed by atoms with Crippen molar-refractivity contribution in [3.05, 3.63) is 68.7 Å². The van der Waals surface area contributed by atoms with Gasteiger partial charge in [0, 0.05) is 10.9 Å². The van der Waals surface area contributed by atoms with E-state index in [1.807, 2.05) is 0 Å². The Kier molecular flexibility index (Phi) is 4.96. The Hall–Kier alpha value is -1.04. The number of rotatable bonds is 3. The van der Waals surface area contributed by atoms with Gasteiger partial charge in [0.25, 0.3) is 0 Å². The fraction of sp³-hybridized carbons (Fsp3) is 0.200. The van der Waals surface area contributed by atoms with E-state index in [4.69, 9.17) is 11.6 Å². The fourth-order valence-electron chi connectivity index (χ4n) is 1.94. The first kappa shape index (κ1) is 16.3. The quantitative estimate of drug-likeness (QED) is 0.757. The number of alkyl halides is 3. The monoisotopic (exact) mass is 378 g/mol. The summed E-state index contributed by atoms with van der Waals surface area (Å²) in [5, 5.41) is 10.6. The van der Waals surface area contributed by atoms with Gasteiger partial charge in [-0.25, -0.2) is 0 Å². The zero-order valence-corrected chi connectivity index (χ0v) is 13.0. The number of hydrogen-bond acceptors (Lipinski definition) is 1. The Morgan fingerprint density at radius 1 is 1.14 bits per heavy atom. The fourth-order valence-corrected chi connectivity index (χ4v) is 2.37. The first-order valence-electron chi connectivity index (χ1n) is 6.06. The lowest BCUT2D eigenvalue weighted by molar-refractivity contribution is -0.137. The summed E-state index contributed by atoms with van der Waals surface area (Å²) in [5.41, 5.74) is 0.248. The summed E-state index contributed by atoms with van der Waals surface area (Å²) < 4.78 is 38.6. The zero-order valence-electron chi connectivity index (χ0n) is 10.7. The second-order valence-corrected chi connectivity index (χ2v) is 5.85. The molecule has 0 radical (unpaired) electrons. The van der Waals surface area contributed by atoms with Crippen LogP contribution in [0.4, 0.5) is 13.2 Å². The molecular formula is C15H11BrClF3O. The lowest BCUT2D eigenvalue weighted by Crippen LogP contribution is -2.07. The van der Waals surface area contributed by atoms with Crippen LogP contribution in [0.2, 0.25) is 5.02 Å². The summed E-state index contributed by atoms with van der Waals surface area (Å²) in [6.45, 7) is 0. The van der Waals surface area contributed by atoms with E-state index < -0.39 is 17.8 Å². The van der Waals surface area contributed by atoms with Crippen molar-refractivity contribution in [1.82, 2.24) is 0 Å². The molecule has 0 aliphatic heterocycles. The number of aliphatic hydroxyl groups is 1. The van der Waals surface area contributed by atoms with Gasteiger partial charge in [-0.3, -0.25) is 0 Å². The summed E-state index contributed by atoms with van der Waals surface area (Å²) in [7, 11) is 0. The summed E-state index contributed by atoms with van der Waals surface area (Å²) >= 11 is 9.18. The smallest absolute Gasteiger partial charge is 0.388 e. The minimum absolute atomic E-state index is 0.0852. The van der Waals surface area contributed by atoms with Crippen LogP contribution in [-0.2, 0) is 12.6 Å². The van der Waals surface area contributed by atoms with Crippen LogP contribution in [0.25, 0.3) is 0 Å². The average Bonchev–Trinajstić information content (AvgIpc) is 2.41. The average molecular weight is 380 g/mol. The minimum atomic E-state index is -4.39. The standard InChI is InChI=1S/C15H11BrClF3O/c16-12-5-4-10(8-13(12)17)14(21)7-9-2-1-3-11(6-9)15(18,19)20/h1-6,8,14,21H,7H2. The maximum absolute atomic E-state index is 12.6. The van der Waals surface area contributed by atoms with Crippen molar-refractivity contribution in [3.63, 3.8) is 0 Å². The molecule has 6 heteroatoms. The third kappa shape index (κ3) is 4.22. The van der Waals surface area contributed by atoms with Gasteiger partial charge in [-0.2, -0.15) is 13.2 Å². The van der Waals surface area contributed by atoms with Gasteiger partial charge in [0.2, 0.25) is 0 Å². The topological polar surface area (TPSA) is 20.2 Å². The largest absolute Gasteiger partial charge is 0.416 e. The van der Waals surface area contributed by atoms with Crippen molar-refractivity contribution in [2.75, 3.05) is 0 Å². The lowest BCUT2D eigenvalue weighted by atomic mass is 10.00. The molecule has 0 saturated carbocycles. The van der Waals surface area contributed by atoms with Crippen LogP contribution in [0.3, 0.4) is 0 Å².